The average Bonchev–Trinajstić information content (AvgIpc) is 3.29. The summed E-state index contributed by atoms with van der Waals surface area (Å²) in [5.41, 5.74) is 1.89. The number of fused-ring (bicyclic) bond motifs is 1. The van der Waals surface area contributed by atoms with Crippen molar-refractivity contribution in [2.75, 3.05) is 18.2 Å². The molecule has 4 rings (SSSR count). The van der Waals surface area contributed by atoms with E-state index in [1.165, 1.54) is 0 Å². The molecule has 2 heterocycles. The van der Waals surface area contributed by atoms with Gasteiger partial charge in [-0.2, -0.15) is 0 Å². The third-order valence-corrected chi connectivity index (χ3v) is 5.05. The number of nitrogens with one attached hydrogen (secondary N) is 1. The third-order valence-electron chi connectivity index (χ3n) is 4.81. The number of halogens is 1. The maximum Gasteiger partial charge on any atom is 0.253 e. The minimum absolute atomic E-state index is 0.00939. The van der Waals surface area contributed by atoms with E-state index in [0.29, 0.717) is 40.7 Å². The fourth-order valence-corrected chi connectivity index (χ4v) is 3.53. The summed E-state index contributed by atoms with van der Waals surface area (Å²) in [6.07, 6.45) is 1.27. The molecule has 0 bridgehead atoms. The van der Waals surface area contributed by atoms with Crippen LogP contribution in [0.3, 0.4) is 0 Å². The van der Waals surface area contributed by atoms with Gasteiger partial charge in [0, 0.05) is 18.0 Å². The molecule has 0 radical (unpaired) electrons. The van der Waals surface area contributed by atoms with Crippen molar-refractivity contribution in [3.05, 3.63) is 52.5 Å². The van der Waals surface area contributed by atoms with Gasteiger partial charge in [-0.1, -0.05) is 17.7 Å². The Morgan fingerprint density at radius 1 is 1.19 bits per heavy atom. The SMILES string of the molecule is CC(NC(=O)c1ccc(Cl)cc1N1CCCC1=O)c1ccc2c(c1)OCO2. The Balaban J connectivity index is 1.57. The van der Waals surface area contributed by atoms with Gasteiger partial charge in [0.05, 0.1) is 17.3 Å². The summed E-state index contributed by atoms with van der Waals surface area (Å²) in [6, 6.07) is 10.3. The smallest absolute Gasteiger partial charge is 0.253 e. The summed E-state index contributed by atoms with van der Waals surface area (Å²) in [4.78, 5) is 26.7. The normalized spacial score (nSPS) is 16.5. The molecule has 6 nitrogen and oxygen atoms in total. The van der Waals surface area contributed by atoms with Crippen LogP contribution in [-0.4, -0.2) is 25.2 Å². The van der Waals surface area contributed by atoms with Crippen LogP contribution in [0.25, 0.3) is 0 Å². The van der Waals surface area contributed by atoms with Crippen molar-refractivity contribution in [2.45, 2.75) is 25.8 Å². The highest BCUT2D eigenvalue weighted by Gasteiger charge is 2.27. The number of anilines is 1. The second-order valence-electron chi connectivity index (χ2n) is 6.62. The molecule has 2 aliphatic heterocycles. The van der Waals surface area contributed by atoms with Crippen molar-refractivity contribution < 1.29 is 19.1 Å². The molecule has 140 valence electrons. The standard InChI is InChI=1S/C20H19ClN2O4/c1-12(13-4-7-17-18(9-13)27-11-26-17)22-20(25)15-6-5-14(21)10-16(15)23-8-2-3-19(23)24/h4-7,9-10,12H,2-3,8,11H2,1H3,(H,22,25). The minimum Gasteiger partial charge on any atom is -0.454 e. The molecule has 0 spiro atoms. The van der Waals surface area contributed by atoms with Crippen LogP contribution in [0.2, 0.25) is 5.02 Å². The van der Waals surface area contributed by atoms with Crippen molar-refractivity contribution in [3.8, 4) is 11.5 Å². The van der Waals surface area contributed by atoms with Gasteiger partial charge in [-0.05, 0) is 49.2 Å². The lowest BCUT2D eigenvalue weighted by atomic mass is 10.1. The molecule has 2 aromatic carbocycles. The fourth-order valence-electron chi connectivity index (χ4n) is 3.36. The van der Waals surface area contributed by atoms with E-state index >= 15 is 0 Å². The molecule has 1 unspecified atom stereocenters. The molecule has 0 aromatic heterocycles. The minimum atomic E-state index is -0.258. The molecule has 1 N–H and O–H groups in total. The van der Waals surface area contributed by atoms with Crippen molar-refractivity contribution in [1.29, 1.82) is 0 Å². The highest BCUT2D eigenvalue weighted by atomic mass is 35.5. The summed E-state index contributed by atoms with van der Waals surface area (Å²) in [5.74, 6) is 1.12. The zero-order chi connectivity index (χ0) is 19.0. The molecule has 2 aromatic rings. The Bertz CT molecular complexity index is 915. The number of hydrogen-bond acceptors (Lipinski definition) is 4. The zero-order valence-electron chi connectivity index (χ0n) is 14.8. The molecule has 2 amide bonds. The third kappa shape index (κ3) is 3.45. The highest BCUT2D eigenvalue weighted by molar-refractivity contribution is 6.31. The molecule has 1 fully saturated rings. The van der Waals surface area contributed by atoms with Gasteiger partial charge in [-0.3, -0.25) is 9.59 Å². The summed E-state index contributed by atoms with van der Waals surface area (Å²) in [7, 11) is 0. The van der Waals surface area contributed by atoms with E-state index in [1.807, 2.05) is 25.1 Å². The van der Waals surface area contributed by atoms with Crippen LogP contribution in [-0.2, 0) is 4.79 Å². The number of benzene rings is 2. The predicted molar refractivity (Wildman–Crippen MR) is 101 cm³/mol. The first-order valence-electron chi connectivity index (χ1n) is 8.83. The second-order valence-corrected chi connectivity index (χ2v) is 7.05. The Morgan fingerprint density at radius 2 is 2.00 bits per heavy atom. The van der Waals surface area contributed by atoms with Crippen molar-refractivity contribution in [1.82, 2.24) is 5.32 Å². The molecule has 1 saturated heterocycles. The summed E-state index contributed by atoms with van der Waals surface area (Å²) < 4.78 is 10.7. The first-order valence-corrected chi connectivity index (χ1v) is 9.21. The number of hydrogen-bond donors (Lipinski definition) is 1. The lowest BCUT2D eigenvalue weighted by molar-refractivity contribution is -0.117. The lowest BCUT2D eigenvalue weighted by Gasteiger charge is -2.21. The first kappa shape index (κ1) is 17.7. The molecule has 27 heavy (non-hydrogen) atoms. The molecular weight excluding hydrogens is 368 g/mol. The van der Waals surface area contributed by atoms with Crippen LogP contribution >= 0.6 is 11.6 Å². The second kappa shape index (κ2) is 7.12. The van der Waals surface area contributed by atoms with Gasteiger partial charge >= 0.3 is 0 Å². The summed E-state index contributed by atoms with van der Waals surface area (Å²) in [6.45, 7) is 2.70. The van der Waals surface area contributed by atoms with E-state index in [1.54, 1.807) is 23.1 Å². The van der Waals surface area contributed by atoms with Gasteiger partial charge in [-0.15, -0.1) is 0 Å². The van der Waals surface area contributed by atoms with Gasteiger partial charge in [0.2, 0.25) is 12.7 Å². The molecular formula is C20H19ClN2O4. The Hall–Kier alpha value is -2.73. The first-order chi connectivity index (χ1) is 13.0. The van der Waals surface area contributed by atoms with E-state index in [4.69, 9.17) is 21.1 Å². The monoisotopic (exact) mass is 386 g/mol. The number of carbonyl (C=O) groups excluding carboxylic acids is 2. The van der Waals surface area contributed by atoms with Crippen molar-refractivity contribution in [2.24, 2.45) is 0 Å². The van der Waals surface area contributed by atoms with Crippen LogP contribution in [0, 0.1) is 0 Å². The highest BCUT2D eigenvalue weighted by Crippen LogP contribution is 2.34. The van der Waals surface area contributed by atoms with Crippen LogP contribution in [0.15, 0.2) is 36.4 Å². The molecule has 0 saturated carbocycles. The molecule has 1 atom stereocenters. The average molecular weight is 387 g/mol. The number of ether oxygens (including phenoxy) is 2. The van der Waals surface area contributed by atoms with E-state index < -0.39 is 0 Å². The fraction of sp³-hybridized carbons (Fsp3) is 0.300. The van der Waals surface area contributed by atoms with Crippen LogP contribution in [0.1, 0.15) is 41.7 Å². The quantitative estimate of drug-likeness (QED) is 0.870. The van der Waals surface area contributed by atoms with Gasteiger partial charge in [0.15, 0.2) is 11.5 Å². The molecule has 7 heteroatoms. The molecule has 0 aliphatic carbocycles. The zero-order valence-corrected chi connectivity index (χ0v) is 15.6. The van der Waals surface area contributed by atoms with Gasteiger partial charge < -0.3 is 19.7 Å². The summed E-state index contributed by atoms with van der Waals surface area (Å²) >= 11 is 6.11. The number of amides is 2. The number of carbonyl (C=O) groups is 2. The molecule has 2 aliphatic rings. The van der Waals surface area contributed by atoms with E-state index in [9.17, 15) is 9.59 Å². The van der Waals surface area contributed by atoms with Crippen LogP contribution in [0.4, 0.5) is 5.69 Å². The van der Waals surface area contributed by atoms with E-state index in [0.717, 1.165) is 12.0 Å². The van der Waals surface area contributed by atoms with Crippen molar-refractivity contribution >= 4 is 29.1 Å². The summed E-state index contributed by atoms with van der Waals surface area (Å²) in [5, 5.41) is 3.48. The van der Waals surface area contributed by atoms with Gasteiger partial charge in [0.25, 0.3) is 5.91 Å². The van der Waals surface area contributed by atoms with Crippen LogP contribution < -0.4 is 19.7 Å². The number of nitrogens with zero attached hydrogens (tertiary/aromatic N) is 1. The maximum absolute atomic E-state index is 12.9. The van der Waals surface area contributed by atoms with Gasteiger partial charge in [0.1, 0.15) is 0 Å². The Morgan fingerprint density at radius 3 is 2.78 bits per heavy atom. The number of rotatable bonds is 4. The van der Waals surface area contributed by atoms with E-state index in [2.05, 4.69) is 5.32 Å². The predicted octanol–water partition coefficient (Wildman–Crippen LogP) is 3.69. The largest absolute Gasteiger partial charge is 0.454 e. The van der Waals surface area contributed by atoms with E-state index in [-0.39, 0.29) is 24.6 Å². The van der Waals surface area contributed by atoms with Gasteiger partial charge in [-0.25, -0.2) is 0 Å². The van der Waals surface area contributed by atoms with Crippen molar-refractivity contribution in [3.63, 3.8) is 0 Å². The van der Waals surface area contributed by atoms with Crippen LogP contribution in [0.5, 0.6) is 11.5 Å². The maximum atomic E-state index is 12.9. The lowest BCUT2D eigenvalue weighted by Crippen LogP contribution is -2.31. The Kier molecular flexibility index (Phi) is 4.66. The topological polar surface area (TPSA) is 67.9 Å². The Labute approximate surface area is 162 Å².